The Hall–Kier alpha value is -3.73. The largest absolute Gasteiger partial charge is 0.478 e. The maximum atomic E-state index is 13.4. The predicted molar refractivity (Wildman–Crippen MR) is 142 cm³/mol. The molecule has 0 aliphatic carbocycles. The van der Waals surface area contributed by atoms with Crippen LogP contribution in [0.4, 0.5) is 11.6 Å². The second-order valence-corrected chi connectivity index (χ2v) is 11.5. The van der Waals surface area contributed by atoms with Crippen LogP contribution in [0.1, 0.15) is 50.0 Å². The molecule has 1 amide bonds. The molecule has 1 saturated heterocycles. The van der Waals surface area contributed by atoms with E-state index in [-0.39, 0.29) is 21.9 Å². The number of sulfonamides is 1. The molecular formula is C26H32N6O4S. The van der Waals surface area contributed by atoms with Crippen LogP contribution in [0.2, 0.25) is 0 Å². The number of carbonyl (C=O) groups is 1. The van der Waals surface area contributed by atoms with Crippen LogP contribution in [0.25, 0.3) is 11.3 Å². The van der Waals surface area contributed by atoms with Crippen LogP contribution in [0.3, 0.4) is 0 Å². The lowest BCUT2D eigenvalue weighted by Crippen LogP contribution is -2.41. The zero-order chi connectivity index (χ0) is 27.0. The van der Waals surface area contributed by atoms with Crippen LogP contribution < -0.4 is 20.1 Å². The number of ether oxygens (including phenoxy) is 1. The standard InChI is InChI=1S/C26H32N6O4S/c1-6-36-25-17(3)12-18(14-28-25)20-11-10-19(23(29-20)32-15-16(2)13-26(32,4)5)24(33)31-37(34,35)22-9-7-8-21(27)30-22/h7-12,14,16H,6,13,15H2,1-5H3,(H2,27,30)(H,31,33)/t16-/m0/s1. The van der Waals surface area contributed by atoms with Crippen LogP contribution in [-0.2, 0) is 10.0 Å². The highest BCUT2D eigenvalue weighted by Crippen LogP contribution is 2.38. The molecule has 1 aliphatic rings. The van der Waals surface area contributed by atoms with Gasteiger partial charge in [-0.05, 0) is 70.4 Å². The van der Waals surface area contributed by atoms with Crippen LogP contribution >= 0.6 is 0 Å². The van der Waals surface area contributed by atoms with E-state index in [0.717, 1.165) is 17.5 Å². The van der Waals surface area contributed by atoms with Crippen molar-refractivity contribution in [2.45, 2.75) is 51.6 Å². The van der Waals surface area contributed by atoms with Crippen LogP contribution in [0.5, 0.6) is 5.88 Å². The molecule has 3 aromatic heterocycles. The van der Waals surface area contributed by atoms with E-state index in [1.165, 1.54) is 18.2 Å². The number of hydrogen-bond acceptors (Lipinski definition) is 9. The Bertz CT molecular complexity index is 1440. The van der Waals surface area contributed by atoms with E-state index < -0.39 is 15.9 Å². The van der Waals surface area contributed by atoms with Gasteiger partial charge in [-0.3, -0.25) is 4.79 Å². The van der Waals surface area contributed by atoms with Gasteiger partial charge in [0.2, 0.25) is 5.88 Å². The summed E-state index contributed by atoms with van der Waals surface area (Å²) in [6.45, 7) is 11.3. The number of carbonyl (C=O) groups excluding carboxylic acids is 1. The van der Waals surface area contributed by atoms with Crippen molar-refractivity contribution in [3.8, 4) is 17.1 Å². The van der Waals surface area contributed by atoms with E-state index in [9.17, 15) is 13.2 Å². The molecule has 0 unspecified atom stereocenters. The smallest absolute Gasteiger partial charge is 0.281 e. The van der Waals surface area contributed by atoms with Crippen LogP contribution in [0.15, 0.2) is 47.6 Å². The minimum atomic E-state index is -4.25. The maximum Gasteiger partial charge on any atom is 0.281 e. The number of nitrogens with two attached hydrogens (primary N) is 1. The highest BCUT2D eigenvalue weighted by molar-refractivity contribution is 7.90. The molecule has 11 heteroatoms. The number of aryl methyl sites for hydroxylation is 1. The van der Waals surface area contributed by atoms with E-state index >= 15 is 0 Å². The molecule has 0 aromatic carbocycles. The molecule has 4 rings (SSSR count). The summed E-state index contributed by atoms with van der Waals surface area (Å²) in [6, 6.07) is 9.42. The summed E-state index contributed by atoms with van der Waals surface area (Å²) < 4.78 is 33.5. The van der Waals surface area contributed by atoms with Gasteiger partial charge in [-0.15, -0.1) is 0 Å². The molecule has 1 aliphatic heterocycles. The average Bonchev–Trinajstić information content (AvgIpc) is 3.11. The van der Waals surface area contributed by atoms with Gasteiger partial charge in [-0.2, -0.15) is 8.42 Å². The highest BCUT2D eigenvalue weighted by atomic mass is 32.2. The fourth-order valence-electron chi connectivity index (χ4n) is 4.75. The van der Waals surface area contributed by atoms with E-state index in [1.54, 1.807) is 18.3 Å². The Morgan fingerprint density at radius 1 is 1.24 bits per heavy atom. The third-order valence-corrected chi connectivity index (χ3v) is 7.54. The summed E-state index contributed by atoms with van der Waals surface area (Å²) >= 11 is 0. The fraction of sp³-hybridized carbons (Fsp3) is 0.385. The van der Waals surface area contributed by atoms with Crippen LogP contribution in [-0.4, -0.2) is 48.0 Å². The van der Waals surface area contributed by atoms with Crippen molar-refractivity contribution in [1.82, 2.24) is 19.7 Å². The second kappa shape index (κ2) is 9.97. The molecule has 1 fully saturated rings. The normalized spacial score (nSPS) is 17.0. The first-order chi connectivity index (χ1) is 17.4. The van der Waals surface area contributed by atoms with Crippen LogP contribution in [0, 0.1) is 12.8 Å². The molecular weight excluding hydrogens is 492 g/mol. The molecule has 0 saturated carbocycles. The fourth-order valence-corrected chi connectivity index (χ4v) is 5.69. The Labute approximate surface area is 217 Å². The molecule has 3 N–H and O–H groups in total. The number of pyridine rings is 3. The number of nitrogens with zero attached hydrogens (tertiary/aromatic N) is 4. The Morgan fingerprint density at radius 3 is 2.62 bits per heavy atom. The van der Waals surface area contributed by atoms with E-state index in [4.69, 9.17) is 15.5 Å². The molecule has 0 spiro atoms. The molecule has 0 bridgehead atoms. The van der Waals surface area contributed by atoms with Crippen molar-refractivity contribution in [2.75, 3.05) is 23.8 Å². The summed E-state index contributed by atoms with van der Waals surface area (Å²) in [5.41, 5.74) is 7.73. The molecule has 4 heterocycles. The quantitative estimate of drug-likeness (QED) is 0.474. The summed E-state index contributed by atoms with van der Waals surface area (Å²) in [5, 5.41) is -0.335. The van der Waals surface area contributed by atoms with Gasteiger partial charge in [-0.1, -0.05) is 13.0 Å². The summed E-state index contributed by atoms with van der Waals surface area (Å²) in [6.07, 6.45) is 2.58. The number of aromatic nitrogens is 3. The first-order valence-corrected chi connectivity index (χ1v) is 13.6. The SMILES string of the molecule is CCOc1ncc(-c2ccc(C(=O)NS(=O)(=O)c3cccc(N)n3)c(N3C[C@@H](C)CC3(C)C)n2)cc1C. The third-order valence-electron chi connectivity index (χ3n) is 6.30. The second-order valence-electron chi connectivity index (χ2n) is 9.91. The number of hydrogen-bond donors (Lipinski definition) is 2. The Balaban J connectivity index is 1.76. The van der Waals surface area contributed by atoms with Gasteiger partial charge in [0.15, 0.2) is 5.03 Å². The molecule has 0 radical (unpaired) electrons. The number of nitrogens with one attached hydrogen (secondary N) is 1. The lowest BCUT2D eigenvalue weighted by Gasteiger charge is -2.34. The van der Waals surface area contributed by atoms with Crippen molar-refractivity contribution < 1.29 is 17.9 Å². The van der Waals surface area contributed by atoms with Crippen molar-refractivity contribution >= 4 is 27.6 Å². The molecule has 196 valence electrons. The van der Waals surface area contributed by atoms with Gasteiger partial charge in [0.1, 0.15) is 11.6 Å². The van der Waals surface area contributed by atoms with Crippen molar-refractivity contribution in [1.29, 1.82) is 0 Å². The van der Waals surface area contributed by atoms with Gasteiger partial charge < -0.3 is 15.4 Å². The Kier molecular flexibility index (Phi) is 7.09. The van der Waals surface area contributed by atoms with E-state index in [1.807, 2.05) is 19.9 Å². The summed E-state index contributed by atoms with van der Waals surface area (Å²) in [7, 11) is -4.25. The minimum absolute atomic E-state index is 0.0362. The monoisotopic (exact) mass is 524 g/mol. The minimum Gasteiger partial charge on any atom is -0.478 e. The average molecular weight is 525 g/mol. The molecule has 3 aromatic rings. The van der Waals surface area contributed by atoms with Crippen molar-refractivity contribution in [3.05, 3.63) is 53.7 Å². The molecule has 37 heavy (non-hydrogen) atoms. The number of nitrogen functional groups attached to an aromatic ring is 1. The predicted octanol–water partition coefficient (Wildman–Crippen LogP) is 3.57. The topological polar surface area (TPSA) is 140 Å². The first kappa shape index (κ1) is 26.3. The van der Waals surface area contributed by atoms with E-state index in [0.29, 0.717) is 36.5 Å². The van der Waals surface area contributed by atoms with Gasteiger partial charge in [0.05, 0.1) is 17.9 Å². The summed E-state index contributed by atoms with van der Waals surface area (Å²) in [5.74, 6) is 0.568. The zero-order valence-corrected chi connectivity index (χ0v) is 22.5. The van der Waals surface area contributed by atoms with Crippen molar-refractivity contribution in [3.63, 3.8) is 0 Å². The summed E-state index contributed by atoms with van der Waals surface area (Å²) in [4.78, 5) is 28.5. The van der Waals surface area contributed by atoms with Gasteiger partial charge >= 0.3 is 0 Å². The van der Waals surface area contributed by atoms with Gasteiger partial charge in [0.25, 0.3) is 15.9 Å². The van der Waals surface area contributed by atoms with Gasteiger partial charge in [-0.25, -0.2) is 19.7 Å². The third kappa shape index (κ3) is 5.51. The van der Waals surface area contributed by atoms with Crippen molar-refractivity contribution in [2.24, 2.45) is 5.92 Å². The zero-order valence-electron chi connectivity index (χ0n) is 21.6. The van der Waals surface area contributed by atoms with E-state index in [2.05, 4.69) is 40.4 Å². The highest BCUT2D eigenvalue weighted by Gasteiger charge is 2.39. The Morgan fingerprint density at radius 2 is 2.00 bits per heavy atom. The lowest BCUT2D eigenvalue weighted by atomic mass is 9.97. The first-order valence-electron chi connectivity index (χ1n) is 12.1. The number of amides is 1. The maximum absolute atomic E-state index is 13.4. The van der Waals surface area contributed by atoms with Gasteiger partial charge in [0, 0.05) is 29.4 Å². The number of rotatable bonds is 7. The molecule has 10 nitrogen and oxygen atoms in total. The number of anilines is 2. The molecule has 1 atom stereocenters. The lowest BCUT2D eigenvalue weighted by molar-refractivity contribution is 0.0981.